The Balaban J connectivity index is 2.61. The summed E-state index contributed by atoms with van der Waals surface area (Å²) in [6, 6.07) is 7.79. The number of hydrogen-bond acceptors (Lipinski definition) is 2. The average molecular weight is 304 g/mol. The predicted octanol–water partition coefficient (Wildman–Crippen LogP) is 4.32. The fourth-order valence-corrected chi connectivity index (χ4v) is 2.95. The normalized spacial score (nSPS) is 10.6. The van der Waals surface area contributed by atoms with Crippen LogP contribution in [0.3, 0.4) is 0 Å². The second-order valence-corrected chi connectivity index (χ2v) is 5.30. The molecule has 0 aliphatic carbocycles. The molecular formula is C11H8BrClOS. The fourth-order valence-electron chi connectivity index (χ4n) is 1.37. The van der Waals surface area contributed by atoms with Crippen LogP contribution < -0.4 is 0 Å². The molecule has 0 saturated heterocycles. The summed E-state index contributed by atoms with van der Waals surface area (Å²) >= 11 is 11.2. The highest BCUT2D eigenvalue weighted by Gasteiger charge is 2.10. The Bertz CT molecular complexity index is 468. The van der Waals surface area contributed by atoms with E-state index in [0.29, 0.717) is 5.02 Å². The maximum absolute atomic E-state index is 9.16. The Hall–Kier alpha value is -0.350. The largest absolute Gasteiger partial charge is 0.392 e. The highest BCUT2D eigenvalue weighted by molar-refractivity contribution is 9.10. The number of aliphatic hydroxyl groups excluding tert-OH is 1. The second kappa shape index (κ2) is 4.66. The number of thiophene rings is 1. The van der Waals surface area contributed by atoms with Crippen molar-refractivity contribution in [2.24, 2.45) is 0 Å². The molecule has 78 valence electrons. The highest BCUT2D eigenvalue weighted by atomic mass is 79.9. The molecule has 1 heterocycles. The number of halogens is 2. The van der Waals surface area contributed by atoms with Crippen molar-refractivity contribution in [3.63, 3.8) is 0 Å². The summed E-state index contributed by atoms with van der Waals surface area (Å²) in [5, 5.41) is 11.8. The van der Waals surface area contributed by atoms with Gasteiger partial charge in [-0.05, 0) is 29.1 Å². The summed E-state index contributed by atoms with van der Waals surface area (Å²) in [7, 11) is 0. The van der Waals surface area contributed by atoms with Crippen LogP contribution in [0.4, 0.5) is 0 Å². The van der Waals surface area contributed by atoms with E-state index >= 15 is 0 Å². The zero-order valence-electron chi connectivity index (χ0n) is 7.71. The van der Waals surface area contributed by atoms with Crippen LogP contribution in [0, 0.1) is 0 Å². The molecule has 0 saturated carbocycles. The lowest BCUT2D eigenvalue weighted by Gasteiger charge is -2.07. The Labute approximate surface area is 105 Å². The molecule has 1 aromatic heterocycles. The molecule has 0 aliphatic heterocycles. The van der Waals surface area contributed by atoms with E-state index in [1.165, 1.54) is 0 Å². The molecule has 1 aromatic carbocycles. The van der Waals surface area contributed by atoms with Gasteiger partial charge in [-0.2, -0.15) is 0 Å². The molecule has 2 rings (SSSR count). The van der Waals surface area contributed by atoms with Gasteiger partial charge in [0.1, 0.15) is 0 Å². The van der Waals surface area contributed by atoms with Crippen LogP contribution in [0.1, 0.15) is 5.56 Å². The van der Waals surface area contributed by atoms with Crippen LogP contribution >= 0.6 is 38.9 Å². The molecule has 0 fully saturated rings. The Morgan fingerprint density at radius 2 is 2.20 bits per heavy atom. The summed E-state index contributed by atoms with van der Waals surface area (Å²) in [5.41, 5.74) is 1.71. The van der Waals surface area contributed by atoms with Crippen LogP contribution in [0.25, 0.3) is 10.4 Å². The Morgan fingerprint density at radius 3 is 2.80 bits per heavy atom. The summed E-state index contributed by atoms with van der Waals surface area (Å²) < 4.78 is 0.930. The van der Waals surface area contributed by atoms with Crippen molar-refractivity contribution in [2.45, 2.75) is 6.61 Å². The van der Waals surface area contributed by atoms with Gasteiger partial charge in [0.15, 0.2) is 0 Å². The van der Waals surface area contributed by atoms with Crippen molar-refractivity contribution < 1.29 is 5.11 Å². The van der Waals surface area contributed by atoms with E-state index in [4.69, 9.17) is 16.7 Å². The van der Waals surface area contributed by atoms with Gasteiger partial charge in [0.05, 0.1) is 11.6 Å². The van der Waals surface area contributed by atoms with E-state index in [2.05, 4.69) is 15.9 Å². The Kier molecular flexibility index (Phi) is 3.46. The van der Waals surface area contributed by atoms with Crippen LogP contribution in [0.5, 0.6) is 0 Å². The second-order valence-electron chi connectivity index (χ2n) is 3.06. The minimum Gasteiger partial charge on any atom is -0.392 e. The van der Waals surface area contributed by atoms with E-state index in [1.807, 2.05) is 29.6 Å². The monoisotopic (exact) mass is 302 g/mol. The zero-order valence-corrected chi connectivity index (χ0v) is 10.9. The maximum atomic E-state index is 9.16. The molecule has 15 heavy (non-hydrogen) atoms. The van der Waals surface area contributed by atoms with E-state index in [1.54, 1.807) is 11.3 Å². The van der Waals surface area contributed by atoms with Crippen molar-refractivity contribution in [2.75, 3.05) is 0 Å². The smallest absolute Gasteiger partial charge is 0.0697 e. The van der Waals surface area contributed by atoms with E-state index in [9.17, 15) is 0 Å². The van der Waals surface area contributed by atoms with Crippen molar-refractivity contribution in [1.29, 1.82) is 0 Å². The molecule has 4 heteroatoms. The summed E-state index contributed by atoms with van der Waals surface area (Å²) in [4.78, 5) is 1.11. The third-order valence-electron chi connectivity index (χ3n) is 2.07. The molecule has 1 N–H and O–H groups in total. The third-order valence-corrected chi connectivity index (χ3v) is 3.88. The van der Waals surface area contributed by atoms with Crippen molar-refractivity contribution in [1.82, 2.24) is 0 Å². The van der Waals surface area contributed by atoms with E-state index < -0.39 is 0 Å². The first-order chi connectivity index (χ1) is 7.22. The molecule has 1 nitrogen and oxygen atoms in total. The first kappa shape index (κ1) is 11.1. The summed E-state index contributed by atoms with van der Waals surface area (Å²) in [6.45, 7) is -0.0450. The van der Waals surface area contributed by atoms with Crippen molar-refractivity contribution >= 4 is 38.9 Å². The molecule has 0 amide bonds. The molecule has 0 aliphatic rings. The topological polar surface area (TPSA) is 20.2 Å². The van der Waals surface area contributed by atoms with Gasteiger partial charge in [-0.3, -0.25) is 0 Å². The predicted molar refractivity (Wildman–Crippen MR) is 68.4 cm³/mol. The van der Waals surface area contributed by atoms with Crippen LogP contribution in [-0.2, 0) is 6.61 Å². The number of benzene rings is 1. The summed E-state index contributed by atoms with van der Waals surface area (Å²) in [6.07, 6.45) is 0. The van der Waals surface area contributed by atoms with Gasteiger partial charge in [0, 0.05) is 14.9 Å². The van der Waals surface area contributed by atoms with Gasteiger partial charge in [-0.1, -0.05) is 33.6 Å². The highest BCUT2D eigenvalue weighted by Crippen LogP contribution is 2.36. The van der Waals surface area contributed by atoms with Crippen molar-refractivity contribution in [3.8, 4) is 10.4 Å². The first-order valence-electron chi connectivity index (χ1n) is 4.35. The number of rotatable bonds is 2. The number of hydrogen-bond donors (Lipinski definition) is 1. The number of aliphatic hydroxyl groups is 1. The van der Waals surface area contributed by atoms with Crippen LogP contribution in [-0.4, -0.2) is 5.11 Å². The third kappa shape index (κ3) is 2.26. The van der Waals surface area contributed by atoms with Crippen LogP contribution in [0.15, 0.2) is 34.1 Å². The molecule has 0 bridgehead atoms. The van der Waals surface area contributed by atoms with E-state index in [0.717, 1.165) is 20.5 Å². The lowest BCUT2D eigenvalue weighted by molar-refractivity contribution is 0.282. The first-order valence-corrected chi connectivity index (χ1v) is 6.40. The average Bonchev–Trinajstić information content (AvgIpc) is 2.74. The zero-order chi connectivity index (χ0) is 10.8. The van der Waals surface area contributed by atoms with Gasteiger partial charge < -0.3 is 5.11 Å². The van der Waals surface area contributed by atoms with Gasteiger partial charge in [-0.25, -0.2) is 0 Å². The van der Waals surface area contributed by atoms with Gasteiger partial charge in [0.25, 0.3) is 0 Å². The molecule has 0 radical (unpaired) electrons. The molecule has 0 unspecified atom stereocenters. The maximum Gasteiger partial charge on any atom is 0.0697 e. The van der Waals surface area contributed by atoms with Gasteiger partial charge in [-0.15, -0.1) is 11.3 Å². The molecular weight excluding hydrogens is 296 g/mol. The SMILES string of the molecule is OCc1cc(Br)cc(-c2cccs2)c1Cl. The quantitative estimate of drug-likeness (QED) is 0.876. The molecule has 0 spiro atoms. The Morgan fingerprint density at radius 1 is 1.40 bits per heavy atom. The lowest BCUT2D eigenvalue weighted by atomic mass is 10.1. The van der Waals surface area contributed by atoms with Gasteiger partial charge in [0.2, 0.25) is 0 Å². The molecule has 0 atom stereocenters. The fraction of sp³-hybridized carbons (Fsp3) is 0.0909. The molecule has 2 aromatic rings. The van der Waals surface area contributed by atoms with Crippen LogP contribution in [0.2, 0.25) is 5.02 Å². The lowest BCUT2D eigenvalue weighted by Crippen LogP contribution is -1.88. The minimum absolute atomic E-state index is 0.0450. The minimum atomic E-state index is -0.0450. The van der Waals surface area contributed by atoms with Gasteiger partial charge >= 0.3 is 0 Å². The standard InChI is InChI=1S/C11H8BrClOS/c12-8-4-7(6-14)11(13)9(5-8)10-2-1-3-15-10/h1-5,14H,6H2. The summed E-state index contributed by atoms with van der Waals surface area (Å²) in [5.74, 6) is 0. The van der Waals surface area contributed by atoms with E-state index in [-0.39, 0.29) is 6.61 Å². The van der Waals surface area contributed by atoms with Crippen molar-refractivity contribution in [3.05, 3.63) is 44.7 Å².